The van der Waals surface area contributed by atoms with Crippen LogP contribution < -0.4 is 10.1 Å². The number of hydrogen-bond donors (Lipinski definition) is 1. The summed E-state index contributed by atoms with van der Waals surface area (Å²) in [4.78, 5) is 0. The van der Waals surface area contributed by atoms with E-state index in [-0.39, 0.29) is 11.9 Å². The number of halogens is 2. The Balaban J connectivity index is 2.17. The van der Waals surface area contributed by atoms with E-state index in [9.17, 15) is 4.39 Å². The van der Waals surface area contributed by atoms with E-state index >= 15 is 0 Å². The Hall–Kier alpha value is -1.55. The number of hydrogen-bond acceptors (Lipinski definition) is 2. The molecule has 0 saturated carbocycles. The summed E-state index contributed by atoms with van der Waals surface area (Å²) in [7, 11) is 1.64. The van der Waals surface area contributed by atoms with Crippen LogP contribution in [0.4, 0.5) is 10.1 Å². The predicted molar refractivity (Wildman–Crippen MR) is 83.9 cm³/mol. The molecule has 1 N–H and O–H groups in total. The summed E-state index contributed by atoms with van der Waals surface area (Å²) in [6, 6.07) is 11.1. The van der Waals surface area contributed by atoms with Crippen LogP contribution in [-0.4, -0.2) is 7.11 Å². The quantitative estimate of drug-likeness (QED) is 0.840. The largest absolute Gasteiger partial charge is 0.496 e. The fourth-order valence-electron chi connectivity index (χ4n) is 1.97. The Kier molecular flexibility index (Phi) is 4.65. The van der Waals surface area contributed by atoms with Gasteiger partial charge in [0.2, 0.25) is 0 Å². The molecule has 0 aliphatic carbocycles. The number of benzene rings is 2. The highest BCUT2D eigenvalue weighted by Gasteiger charge is 2.09. The molecule has 1 atom stereocenters. The third-order valence-corrected chi connectivity index (χ3v) is 3.85. The molecule has 0 bridgehead atoms. The third-order valence-electron chi connectivity index (χ3n) is 3.23. The van der Waals surface area contributed by atoms with Crippen LogP contribution in [0, 0.1) is 12.7 Å². The minimum atomic E-state index is -0.196. The van der Waals surface area contributed by atoms with Gasteiger partial charge >= 0.3 is 0 Å². The Bertz CT molecular complexity index is 615. The molecule has 20 heavy (non-hydrogen) atoms. The molecule has 0 aliphatic rings. The van der Waals surface area contributed by atoms with Crippen LogP contribution in [0.15, 0.2) is 40.9 Å². The van der Waals surface area contributed by atoms with Gasteiger partial charge in [-0.25, -0.2) is 4.39 Å². The number of rotatable bonds is 4. The number of anilines is 1. The maximum Gasteiger partial charge on any atom is 0.133 e. The summed E-state index contributed by atoms with van der Waals surface area (Å²) in [6.45, 7) is 3.79. The van der Waals surface area contributed by atoms with Crippen LogP contribution >= 0.6 is 15.9 Å². The SMILES string of the molecule is COc1ccc(C(C)Nc2ccc(C)c(F)c2)cc1Br. The molecular weight excluding hydrogens is 321 g/mol. The highest BCUT2D eigenvalue weighted by molar-refractivity contribution is 9.10. The standard InChI is InChI=1S/C16H17BrFNO/c1-10-4-6-13(9-15(10)18)19-11(2)12-5-7-16(20-3)14(17)8-12/h4-9,11,19H,1-3H3. The van der Waals surface area contributed by atoms with Gasteiger partial charge in [-0.2, -0.15) is 0 Å². The normalized spacial score (nSPS) is 12.1. The third kappa shape index (κ3) is 3.31. The molecule has 0 fully saturated rings. The molecule has 0 radical (unpaired) electrons. The van der Waals surface area contributed by atoms with Crippen LogP contribution in [0.3, 0.4) is 0 Å². The monoisotopic (exact) mass is 337 g/mol. The minimum Gasteiger partial charge on any atom is -0.496 e. The summed E-state index contributed by atoms with van der Waals surface area (Å²) in [6.07, 6.45) is 0. The lowest BCUT2D eigenvalue weighted by molar-refractivity contribution is 0.412. The Morgan fingerprint density at radius 3 is 2.55 bits per heavy atom. The molecule has 0 saturated heterocycles. The minimum absolute atomic E-state index is 0.0688. The lowest BCUT2D eigenvalue weighted by Gasteiger charge is -2.17. The van der Waals surface area contributed by atoms with Crippen molar-refractivity contribution in [3.63, 3.8) is 0 Å². The molecule has 0 spiro atoms. The molecule has 0 aliphatic heterocycles. The van der Waals surface area contributed by atoms with E-state index in [2.05, 4.69) is 21.2 Å². The summed E-state index contributed by atoms with van der Waals surface area (Å²) < 4.78 is 19.6. The van der Waals surface area contributed by atoms with Crippen molar-refractivity contribution in [1.29, 1.82) is 0 Å². The van der Waals surface area contributed by atoms with E-state index in [1.165, 1.54) is 6.07 Å². The van der Waals surface area contributed by atoms with Crippen molar-refractivity contribution in [1.82, 2.24) is 0 Å². The second-order valence-corrected chi connectivity index (χ2v) is 5.58. The molecule has 106 valence electrons. The highest BCUT2D eigenvalue weighted by atomic mass is 79.9. The van der Waals surface area contributed by atoms with Crippen LogP contribution in [-0.2, 0) is 0 Å². The smallest absolute Gasteiger partial charge is 0.133 e. The number of ether oxygens (including phenoxy) is 1. The van der Waals surface area contributed by atoms with Gasteiger partial charge in [-0.3, -0.25) is 0 Å². The number of aryl methyl sites for hydroxylation is 1. The van der Waals surface area contributed by atoms with Crippen molar-refractivity contribution in [2.75, 3.05) is 12.4 Å². The van der Waals surface area contributed by atoms with Crippen LogP contribution in [0.5, 0.6) is 5.75 Å². The zero-order valence-electron chi connectivity index (χ0n) is 11.7. The average Bonchev–Trinajstić information content (AvgIpc) is 2.42. The number of nitrogens with one attached hydrogen (secondary N) is 1. The molecule has 4 heteroatoms. The Morgan fingerprint density at radius 2 is 1.95 bits per heavy atom. The molecule has 2 nitrogen and oxygen atoms in total. The van der Waals surface area contributed by atoms with Crippen molar-refractivity contribution >= 4 is 21.6 Å². The Labute approximate surface area is 127 Å². The molecule has 0 heterocycles. The molecule has 2 rings (SSSR count). The zero-order valence-corrected chi connectivity index (χ0v) is 13.3. The van der Waals surface area contributed by atoms with E-state index in [4.69, 9.17) is 4.74 Å². The first-order valence-corrected chi connectivity index (χ1v) is 7.16. The topological polar surface area (TPSA) is 21.3 Å². The molecule has 0 amide bonds. The molecule has 2 aromatic carbocycles. The number of methoxy groups -OCH3 is 1. The molecule has 2 aromatic rings. The van der Waals surface area contributed by atoms with Gasteiger partial charge in [-0.15, -0.1) is 0 Å². The maximum atomic E-state index is 13.5. The van der Waals surface area contributed by atoms with Crippen molar-refractivity contribution < 1.29 is 9.13 Å². The van der Waals surface area contributed by atoms with Crippen LogP contribution in [0.2, 0.25) is 0 Å². The second kappa shape index (κ2) is 6.27. The molecule has 1 unspecified atom stereocenters. The molecular formula is C16H17BrFNO. The van der Waals surface area contributed by atoms with Gasteiger partial charge < -0.3 is 10.1 Å². The van der Waals surface area contributed by atoms with Gasteiger partial charge in [-0.05, 0) is 65.2 Å². The molecule has 0 aromatic heterocycles. The average molecular weight is 338 g/mol. The lowest BCUT2D eigenvalue weighted by Crippen LogP contribution is -2.07. The first kappa shape index (κ1) is 14.9. The van der Waals surface area contributed by atoms with E-state index in [1.54, 1.807) is 20.1 Å². The van der Waals surface area contributed by atoms with Gasteiger partial charge in [0.15, 0.2) is 0 Å². The van der Waals surface area contributed by atoms with Gasteiger partial charge in [0, 0.05) is 11.7 Å². The van der Waals surface area contributed by atoms with Crippen molar-refractivity contribution in [3.8, 4) is 5.75 Å². The van der Waals surface area contributed by atoms with Gasteiger partial charge in [0.1, 0.15) is 11.6 Å². The van der Waals surface area contributed by atoms with Crippen molar-refractivity contribution in [2.24, 2.45) is 0 Å². The second-order valence-electron chi connectivity index (χ2n) is 4.72. The summed E-state index contributed by atoms with van der Waals surface area (Å²) >= 11 is 3.47. The van der Waals surface area contributed by atoms with Crippen LogP contribution in [0.1, 0.15) is 24.1 Å². The highest BCUT2D eigenvalue weighted by Crippen LogP contribution is 2.29. The van der Waals surface area contributed by atoms with Crippen molar-refractivity contribution in [3.05, 3.63) is 57.8 Å². The van der Waals surface area contributed by atoms with E-state index in [0.29, 0.717) is 5.56 Å². The first-order valence-electron chi connectivity index (χ1n) is 6.37. The Morgan fingerprint density at radius 1 is 1.20 bits per heavy atom. The summed E-state index contributed by atoms with van der Waals surface area (Å²) in [5, 5.41) is 3.29. The van der Waals surface area contributed by atoms with Crippen molar-refractivity contribution in [2.45, 2.75) is 19.9 Å². The van der Waals surface area contributed by atoms with Crippen LogP contribution in [0.25, 0.3) is 0 Å². The summed E-state index contributed by atoms with van der Waals surface area (Å²) in [5.41, 5.74) is 2.52. The van der Waals surface area contributed by atoms with Gasteiger partial charge in [0.25, 0.3) is 0 Å². The van der Waals surface area contributed by atoms with Gasteiger partial charge in [0.05, 0.1) is 11.6 Å². The van der Waals surface area contributed by atoms with E-state index < -0.39 is 0 Å². The fraction of sp³-hybridized carbons (Fsp3) is 0.250. The fourth-order valence-corrected chi connectivity index (χ4v) is 2.53. The van der Waals surface area contributed by atoms with Gasteiger partial charge in [-0.1, -0.05) is 12.1 Å². The van der Waals surface area contributed by atoms with E-state index in [0.717, 1.165) is 21.5 Å². The first-order chi connectivity index (χ1) is 9.51. The maximum absolute atomic E-state index is 13.5. The summed E-state index contributed by atoms with van der Waals surface area (Å²) in [5.74, 6) is 0.598. The lowest BCUT2D eigenvalue weighted by atomic mass is 10.1. The zero-order chi connectivity index (χ0) is 14.7. The van der Waals surface area contributed by atoms with E-state index in [1.807, 2.05) is 31.2 Å². The predicted octanol–water partition coefficient (Wildman–Crippen LogP) is 5.08.